The van der Waals surface area contributed by atoms with Crippen molar-refractivity contribution in [2.75, 3.05) is 6.61 Å². The van der Waals surface area contributed by atoms with Gasteiger partial charge in [0, 0.05) is 29.1 Å². The Labute approximate surface area is 230 Å². The number of hydrogen-bond acceptors (Lipinski definition) is 1. The molecular formula is C35H43NOSi. The second-order valence-electron chi connectivity index (χ2n) is 12.3. The number of ether oxygens (including phenoxy) is 1. The molecule has 3 heteroatoms. The number of fused-ring (bicyclic) bond motifs is 5. The molecule has 0 saturated carbocycles. The van der Waals surface area contributed by atoms with E-state index < -0.39 is 8.07 Å². The molecule has 3 aromatic carbocycles. The number of hydrogen-bond donors (Lipinski definition) is 0. The summed E-state index contributed by atoms with van der Waals surface area (Å²) < 4.78 is 9.11. The fourth-order valence-electron chi connectivity index (χ4n) is 7.09. The molecular weight excluding hydrogens is 478 g/mol. The molecule has 1 heterocycles. The maximum Gasteiger partial charge on any atom is 0.122 e. The number of benzene rings is 3. The standard InChI is InChI=1S/C35H43NOSi/c1-10-19-37-33-28(35(6,7)8)21-24(5)22-30(33)38(11-2,12-3)34-26-16-14-13-15-25(26)32-31(34)27-20-23(4)17-18-29(27)36(32)9/h10,13-18,20-22,34H,1,11-12,19H2,2-9H3. The monoisotopic (exact) mass is 521 g/mol. The molecule has 0 radical (unpaired) electrons. The molecule has 0 fully saturated rings. The SMILES string of the molecule is C=CCOc1c(C(C)(C)C)cc(C)cc1[Si](CC)(CC)C1c2ccccc2-c2c1c1cc(C)ccc1n2C. The third-order valence-corrected chi connectivity index (χ3v) is 14.6. The molecule has 1 unspecified atom stereocenters. The van der Waals surface area contributed by atoms with E-state index in [2.05, 4.69) is 121 Å². The van der Waals surface area contributed by atoms with E-state index in [4.69, 9.17) is 4.74 Å². The Kier molecular flexibility index (Phi) is 6.72. The van der Waals surface area contributed by atoms with Crippen molar-refractivity contribution in [1.29, 1.82) is 0 Å². The lowest BCUT2D eigenvalue weighted by Crippen LogP contribution is -2.53. The number of nitrogens with zero attached hydrogens (tertiary/aromatic N) is 1. The third kappa shape index (κ3) is 3.90. The smallest absolute Gasteiger partial charge is 0.122 e. The topological polar surface area (TPSA) is 14.2 Å². The highest BCUT2D eigenvalue weighted by molar-refractivity contribution is 6.94. The molecule has 4 aromatic rings. The Balaban J connectivity index is 1.91. The fourth-order valence-corrected chi connectivity index (χ4v) is 12.3. The second-order valence-corrected chi connectivity index (χ2v) is 17.1. The highest BCUT2D eigenvalue weighted by Gasteiger charge is 2.50. The maximum atomic E-state index is 6.67. The van der Waals surface area contributed by atoms with Crippen molar-refractivity contribution in [2.45, 2.75) is 71.5 Å². The lowest BCUT2D eigenvalue weighted by atomic mass is 9.85. The van der Waals surface area contributed by atoms with Gasteiger partial charge in [0.15, 0.2) is 0 Å². The Morgan fingerprint density at radius 3 is 2.34 bits per heavy atom. The van der Waals surface area contributed by atoms with Gasteiger partial charge >= 0.3 is 0 Å². The van der Waals surface area contributed by atoms with E-state index >= 15 is 0 Å². The minimum atomic E-state index is -2.22. The van der Waals surface area contributed by atoms with Crippen molar-refractivity contribution in [3.05, 3.63) is 95.1 Å². The van der Waals surface area contributed by atoms with Crippen molar-refractivity contribution >= 4 is 24.2 Å². The van der Waals surface area contributed by atoms with Crippen LogP contribution in [-0.2, 0) is 12.5 Å². The van der Waals surface area contributed by atoms with Gasteiger partial charge in [-0.2, -0.15) is 0 Å². The van der Waals surface area contributed by atoms with E-state index in [9.17, 15) is 0 Å². The number of rotatable bonds is 7. The first-order chi connectivity index (χ1) is 18.1. The molecule has 0 N–H and O–H groups in total. The Morgan fingerprint density at radius 2 is 1.68 bits per heavy atom. The zero-order chi connectivity index (χ0) is 27.4. The van der Waals surface area contributed by atoms with Gasteiger partial charge in [0.1, 0.15) is 20.4 Å². The van der Waals surface area contributed by atoms with Crippen molar-refractivity contribution in [3.8, 4) is 17.0 Å². The zero-order valence-corrected chi connectivity index (χ0v) is 25.5. The summed E-state index contributed by atoms with van der Waals surface area (Å²) in [7, 11) is 0.0308. The van der Waals surface area contributed by atoms with Gasteiger partial charge < -0.3 is 9.30 Å². The van der Waals surface area contributed by atoms with E-state index in [-0.39, 0.29) is 5.41 Å². The predicted octanol–water partition coefficient (Wildman–Crippen LogP) is 8.70. The van der Waals surface area contributed by atoms with Gasteiger partial charge in [-0.05, 0) is 53.3 Å². The van der Waals surface area contributed by atoms with Crippen LogP contribution in [0.5, 0.6) is 5.75 Å². The average molecular weight is 522 g/mol. The fraction of sp³-hybridized carbons (Fsp3) is 0.371. The van der Waals surface area contributed by atoms with Crippen LogP contribution in [0.1, 0.15) is 68.0 Å². The molecule has 0 amide bonds. The van der Waals surface area contributed by atoms with Crippen molar-refractivity contribution in [2.24, 2.45) is 7.05 Å². The van der Waals surface area contributed by atoms with Gasteiger partial charge in [0.05, 0.1) is 5.69 Å². The molecule has 0 aliphatic heterocycles. The Morgan fingerprint density at radius 1 is 0.974 bits per heavy atom. The van der Waals surface area contributed by atoms with E-state index in [1.54, 1.807) is 0 Å². The molecule has 2 nitrogen and oxygen atoms in total. The van der Waals surface area contributed by atoms with Crippen molar-refractivity contribution in [3.63, 3.8) is 0 Å². The van der Waals surface area contributed by atoms with Gasteiger partial charge in [-0.15, -0.1) is 0 Å². The van der Waals surface area contributed by atoms with Crippen molar-refractivity contribution < 1.29 is 4.74 Å². The van der Waals surface area contributed by atoms with Crippen LogP contribution in [0.4, 0.5) is 0 Å². The molecule has 0 spiro atoms. The number of aromatic nitrogens is 1. The minimum absolute atomic E-state index is 0.0196. The average Bonchev–Trinajstić information content (AvgIpc) is 3.37. The maximum absolute atomic E-state index is 6.67. The van der Waals surface area contributed by atoms with Gasteiger partial charge in [-0.3, -0.25) is 0 Å². The predicted molar refractivity (Wildman–Crippen MR) is 167 cm³/mol. The lowest BCUT2D eigenvalue weighted by molar-refractivity contribution is 0.353. The van der Waals surface area contributed by atoms with Crippen LogP contribution in [0.25, 0.3) is 22.2 Å². The molecule has 0 bridgehead atoms. The largest absolute Gasteiger partial charge is 0.489 e. The highest BCUT2D eigenvalue weighted by Crippen LogP contribution is 2.55. The molecule has 198 valence electrons. The minimum Gasteiger partial charge on any atom is -0.489 e. The molecule has 1 aromatic heterocycles. The molecule has 1 atom stereocenters. The summed E-state index contributed by atoms with van der Waals surface area (Å²) >= 11 is 0. The van der Waals surface area contributed by atoms with Crippen LogP contribution in [-0.4, -0.2) is 19.2 Å². The number of aryl methyl sites for hydroxylation is 3. The summed E-state index contributed by atoms with van der Waals surface area (Å²) in [5, 5.41) is 2.89. The van der Waals surface area contributed by atoms with Gasteiger partial charge in [-0.1, -0.05) is 113 Å². The Bertz CT molecular complexity index is 1530. The quantitative estimate of drug-likeness (QED) is 0.175. The van der Waals surface area contributed by atoms with E-state index in [0.717, 1.165) is 17.8 Å². The van der Waals surface area contributed by atoms with Crippen LogP contribution in [0.3, 0.4) is 0 Å². The third-order valence-electron chi connectivity index (χ3n) is 8.95. The summed E-state index contributed by atoms with van der Waals surface area (Å²) in [5.74, 6) is 1.11. The van der Waals surface area contributed by atoms with Crippen LogP contribution in [0.15, 0.2) is 67.3 Å². The zero-order valence-electron chi connectivity index (χ0n) is 24.5. The summed E-state index contributed by atoms with van der Waals surface area (Å²) in [4.78, 5) is 0. The van der Waals surface area contributed by atoms with E-state index in [1.807, 2.05) is 6.08 Å². The Hall–Kier alpha value is -3.04. The summed E-state index contributed by atoms with van der Waals surface area (Å²) in [6.45, 7) is 20.8. The molecule has 5 rings (SSSR count). The highest BCUT2D eigenvalue weighted by atomic mass is 28.3. The molecule has 1 aliphatic carbocycles. The van der Waals surface area contributed by atoms with E-state index in [1.165, 1.54) is 55.2 Å². The second kappa shape index (κ2) is 9.61. The summed E-state index contributed by atoms with van der Waals surface area (Å²) in [5.41, 5.74) is 11.5. The van der Waals surface area contributed by atoms with Crippen LogP contribution >= 0.6 is 0 Å². The first kappa shape index (κ1) is 26.6. The summed E-state index contributed by atoms with van der Waals surface area (Å²) in [6, 6.07) is 23.3. The van der Waals surface area contributed by atoms with Crippen LogP contribution in [0.2, 0.25) is 12.1 Å². The first-order valence-corrected chi connectivity index (χ1v) is 16.7. The van der Waals surface area contributed by atoms with Crippen molar-refractivity contribution in [1.82, 2.24) is 4.57 Å². The van der Waals surface area contributed by atoms with Gasteiger partial charge in [-0.25, -0.2) is 0 Å². The molecule has 0 saturated heterocycles. The van der Waals surface area contributed by atoms with E-state index in [0.29, 0.717) is 12.1 Å². The van der Waals surface area contributed by atoms with Crippen LogP contribution in [0, 0.1) is 13.8 Å². The van der Waals surface area contributed by atoms with Crippen LogP contribution < -0.4 is 9.92 Å². The first-order valence-electron chi connectivity index (χ1n) is 14.2. The lowest BCUT2D eigenvalue weighted by Gasteiger charge is -2.40. The van der Waals surface area contributed by atoms with Gasteiger partial charge in [0.2, 0.25) is 0 Å². The normalized spacial score (nSPS) is 15.0. The molecule has 38 heavy (non-hydrogen) atoms. The molecule has 1 aliphatic rings. The summed E-state index contributed by atoms with van der Waals surface area (Å²) in [6.07, 6.45) is 1.88. The van der Waals surface area contributed by atoms with Gasteiger partial charge in [0.25, 0.3) is 0 Å².